The second-order valence-corrected chi connectivity index (χ2v) is 7.53. The normalized spacial score (nSPS) is 24.8. The van der Waals surface area contributed by atoms with Crippen molar-refractivity contribution in [1.29, 1.82) is 0 Å². The molecule has 1 aliphatic carbocycles. The van der Waals surface area contributed by atoms with Crippen LogP contribution in [0.2, 0.25) is 0 Å². The van der Waals surface area contributed by atoms with E-state index in [-0.39, 0.29) is 0 Å². The van der Waals surface area contributed by atoms with Gasteiger partial charge in [0.1, 0.15) is 5.78 Å². The van der Waals surface area contributed by atoms with Crippen molar-refractivity contribution in [2.45, 2.75) is 45.4 Å². The first-order valence-corrected chi connectivity index (χ1v) is 8.07. The van der Waals surface area contributed by atoms with Crippen LogP contribution in [0.15, 0.2) is 15.9 Å². The van der Waals surface area contributed by atoms with E-state index in [4.69, 9.17) is 0 Å². The third-order valence-corrected chi connectivity index (χ3v) is 5.42. The third kappa shape index (κ3) is 3.65. The molecule has 0 bridgehead atoms. The minimum absolute atomic E-state index is 0.328. The van der Waals surface area contributed by atoms with E-state index in [1.165, 1.54) is 24.1 Å². The lowest BCUT2D eigenvalue weighted by molar-refractivity contribution is -0.123. The fraction of sp³-hybridized carbons (Fsp3) is 0.643. The highest BCUT2D eigenvalue weighted by Gasteiger charge is 2.26. The summed E-state index contributed by atoms with van der Waals surface area (Å²) >= 11 is 5.13. The quantitative estimate of drug-likeness (QED) is 0.777. The van der Waals surface area contributed by atoms with E-state index >= 15 is 0 Å². The molecule has 0 amide bonds. The molecule has 1 nitrogen and oxygen atoms in total. The van der Waals surface area contributed by atoms with Crippen LogP contribution in [-0.2, 0) is 11.2 Å². The van der Waals surface area contributed by atoms with Gasteiger partial charge < -0.3 is 0 Å². The SMILES string of the molecule is CCC1CCCC(C(=O)Cc2ccc(Br)s2)C1. The Morgan fingerprint density at radius 1 is 1.47 bits per heavy atom. The summed E-state index contributed by atoms with van der Waals surface area (Å²) in [5.41, 5.74) is 0. The number of Topliss-reactive ketones (excluding diaryl/α,β-unsaturated/α-hetero) is 1. The van der Waals surface area contributed by atoms with E-state index in [0.29, 0.717) is 18.1 Å². The summed E-state index contributed by atoms with van der Waals surface area (Å²) in [5.74, 6) is 1.57. The Morgan fingerprint density at radius 2 is 2.29 bits per heavy atom. The van der Waals surface area contributed by atoms with Crippen molar-refractivity contribution in [1.82, 2.24) is 0 Å². The summed E-state index contributed by atoms with van der Waals surface area (Å²) in [6.07, 6.45) is 6.67. The van der Waals surface area contributed by atoms with Gasteiger partial charge in [-0.25, -0.2) is 0 Å². The van der Waals surface area contributed by atoms with Crippen molar-refractivity contribution in [3.8, 4) is 0 Å². The number of halogens is 1. The molecular formula is C14H19BrOS. The summed E-state index contributed by atoms with van der Waals surface area (Å²) in [4.78, 5) is 13.4. The lowest BCUT2D eigenvalue weighted by atomic mass is 9.77. The fourth-order valence-corrected chi connectivity index (χ4v) is 4.21. The van der Waals surface area contributed by atoms with E-state index in [2.05, 4.69) is 28.9 Å². The Labute approximate surface area is 116 Å². The van der Waals surface area contributed by atoms with Crippen molar-refractivity contribution >= 4 is 33.0 Å². The minimum Gasteiger partial charge on any atom is -0.299 e. The van der Waals surface area contributed by atoms with Crippen molar-refractivity contribution < 1.29 is 4.79 Å². The minimum atomic E-state index is 0.328. The van der Waals surface area contributed by atoms with Gasteiger partial charge >= 0.3 is 0 Å². The van der Waals surface area contributed by atoms with Crippen molar-refractivity contribution in [3.63, 3.8) is 0 Å². The van der Waals surface area contributed by atoms with Crippen LogP contribution in [0.3, 0.4) is 0 Å². The van der Waals surface area contributed by atoms with Gasteiger partial charge in [-0.15, -0.1) is 11.3 Å². The number of rotatable bonds is 4. The van der Waals surface area contributed by atoms with Gasteiger partial charge in [-0.1, -0.05) is 26.2 Å². The van der Waals surface area contributed by atoms with Gasteiger partial charge in [-0.3, -0.25) is 4.79 Å². The molecule has 0 spiro atoms. The first kappa shape index (κ1) is 13.3. The van der Waals surface area contributed by atoms with Crippen LogP contribution < -0.4 is 0 Å². The van der Waals surface area contributed by atoms with E-state index in [1.807, 2.05) is 6.07 Å². The maximum Gasteiger partial charge on any atom is 0.141 e. The summed E-state index contributed by atoms with van der Waals surface area (Å²) < 4.78 is 1.12. The second kappa shape index (κ2) is 6.14. The van der Waals surface area contributed by atoms with Gasteiger partial charge in [-0.2, -0.15) is 0 Å². The summed E-state index contributed by atoms with van der Waals surface area (Å²) in [6, 6.07) is 4.09. The Morgan fingerprint density at radius 3 is 2.94 bits per heavy atom. The summed E-state index contributed by atoms with van der Waals surface area (Å²) in [7, 11) is 0. The number of hydrogen-bond donors (Lipinski definition) is 0. The highest BCUT2D eigenvalue weighted by atomic mass is 79.9. The molecule has 1 saturated carbocycles. The Hall–Kier alpha value is -0.150. The monoisotopic (exact) mass is 314 g/mol. The molecular weight excluding hydrogens is 296 g/mol. The van der Waals surface area contributed by atoms with E-state index in [9.17, 15) is 4.79 Å². The molecule has 1 aromatic rings. The number of carbonyl (C=O) groups excluding carboxylic acids is 1. The topological polar surface area (TPSA) is 17.1 Å². The van der Waals surface area contributed by atoms with Crippen molar-refractivity contribution in [3.05, 3.63) is 20.8 Å². The standard InChI is InChI=1S/C14H19BrOS/c1-2-10-4-3-5-11(8-10)13(16)9-12-6-7-14(15)17-12/h6-7,10-11H,2-5,8-9H2,1H3. The van der Waals surface area contributed by atoms with Gasteiger partial charge in [0.15, 0.2) is 0 Å². The molecule has 0 radical (unpaired) electrons. The molecule has 2 atom stereocenters. The summed E-state index contributed by atoms with van der Waals surface area (Å²) in [6.45, 7) is 2.24. The third-order valence-electron chi connectivity index (χ3n) is 3.79. The Kier molecular flexibility index (Phi) is 4.80. The van der Waals surface area contributed by atoms with Crippen LogP contribution in [0.5, 0.6) is 0 Å². The molecule has 1 aliphatic rings. The largest absolute Gasteiger partial charge is 0.299 e. The van der Waals surface area contributed by atoms with E-state index < -0.39 is 0 Å². The summed E-state index contributed by atoms with van der Waals surface area (Å²) in [5, 5.41) is 0. The van der Waals surface area contributed by atoms with E-state index in [1.54, 1.807) is 11.3 Å². The van der Waals surface area contributed by atoms with Crippen LogP contribution in [0.4, 0.5) is 0 Å². The van der Waals surface area contributed by atoms with Crippen LogP contribution in [0.1, 0.15) is 43.9 Å². The van der Waals surface area contributed by atoms with Gasteiger partial charge in [-0.05, 0) is 46.8 Å². The zero-order valence-electron chi connectivity index (χ0n) is 10.2. The number of carbonyl (C=O) groups is 1. The lowest BCUT2D eigenvalue weighted by Crippen LogP contribution is -2.23. The zero-order chi connectivity index (χ0) is 12.3. The molecule has 0 saturated heterocycles. The van der Waals surface area contributed by atoms with Gasteiger partial charge in [0, 0.05) is 17.2 Å². The van der Waals surface area contributed by atoms with Crippen LogP contribution >= 0.6 is 27.3 Å². The first-order valence-electron chi connectivity index (χ1n) is 6.46. The number of ketones is 1. The van der Waals surface area contributed by atoms with Gasteiger partial charge in [0.05, 0.1) is 3.79 Å². The fourth-order valence-electron chi connectivity index (χ4n) is 2.72. The maximum absolute atomic E-state index is 12.2. The van der Waals surface area contributed by atoms with Crippen LogP contribution in [-0.4, -0.2) is 5.78 Å². The molecule has 0 aliphatic heterocycles. The van der Waals surface area contributed by atoms with Crippen molar-refractivity contribution in [2.75, 3.05) is 0 Å². The maximum atomic E-state index is 12.2. The zero-order valence-corrected chi connectivity index (χ0v) is 12.6. The molecule has 1 aromatic heterocycles. The van der Waals surface area contributed by atoms with Gasteiger partial charge in [0.25, 0.3) is 0 Å². The molecule has 1 heterocycles. The molecule has 2 unspecified atom stereocenters. The van der Waals surface area contributed by atoms with Gasteiger partial charge in [0.2, 0.25) is 0 Å². The highest BCUT2D eigenvalue weighted by Crippen LogP contribution is 2.33. The average molecular weight is 315 g/mol. The molecule has 0 aromatic carbocycles. The molecule has 94 valence electrons. The van der Waals surface area contributed by atoms with Crippen molar-refractivity contribution in [2.24, 2.45) is 11.8 Å². The first-order chi connectivity index (χ1) is 8.19. The predicted octanol–water partition coefficient (Wildman–Crippen LogP) is 4.84. The smallest absolute Gasteiger partial charge is 0.141 e. The molecule has 1 fully saturated rings. The second-order valence-electron chi connectivity index (χ2n) is 4.99. The van der Waals surface area contributed by atoms with E-state index in [0.717, 1.165) is 22.5 Å². The Balaban J connectivity index is 1.91. The predicted molar refractivity (Wildman–Crippen MR) is 76.5 cm³/mol. The van der Waals surface area contributed by atoms with Crippen LogP contribution in [0.25, 0.3) is 0 Å². The number of thiophene rings is 1. The molecule has 2 rings (SSSR count). The molecule has 3 heteroatoms. The Bertz CT molecular complexity index is 385. The lowest BCUT2D eigenvalue weighted by Gasteiger charge is -2.27. The molecule has 0 N–H and O–H groups in total. The number of hydrogen-bond acceptors (Lipinski definition) is 2. The molecule has 17 heavy (non-hydrogen) atoms. The average Bonchev–Trinajstić information content (AvgIpc) is 2.75. The highest BCUT2D eigenvalue weighted by molar-refractivity contribution is 9.11. The van der Waals surface area contributed by atoms with Crippen LogP contribution in [0, 0.1) is 11.8 Å².